The summed E-state index contributed by atoms with van der Waals surface area (Å²) in [6, 6.07) is 4.72. The Morgan fingerprint density at radius 1 is 1.15 bits per heavy atom. The molecule has 0 heterocycles. The van der Waals surface area contributed by atoms with Gasteiger partial charge in [-0.05, 0) is 24.3 Å². The Labute approximate surface area is 127 Å². The second-order valence-corrected chi connectivity index (χ2v) is 9.15. The van der Waals surface area contributed by atoms with Gasteiger partial charge in [-0.1, -0.05) is 6.08 Å². The van der Waals surface area contributed by atoms with Crippen molar-refractivity contribution in [2.24, 2.45) is 0 Å². The van der Waals surface area contributed by atoms with Crippen LogP contribution in [-0.4, -0.2) is 34.9 Å². The van der Waals surface area contributed by atoms with Crippen LogP contribution < -0.4 is 4.72 Å². The summed E-state index contributed by atoms with van der Waals surface area (Å²) in [5.41, 5.74) is 0. The summed E-state index contributed by atoms with van der Waals surface area (Å²) in [7, 11) is -2.33. The molecule has 0 fully saturated rings. The van der Waals surface area contributed by atoms with Crippen molar-refractivity contribution in [2.45, 2.75) is 9.79 Å². The van der Waals surface area contributed by atoms with Crippen LogP contribution in [0, 0.1) is 0 Å². The van der Waals surface area contributed by atoms with Crippen molar-refractivity contribution in [1.29, 1.82) is 0 Å². The minimum absolute atomic E-state index is 0.00436. The fraction of sp³-hybridized carbons (Fsp3) is 0.273. The van der Waals surface area contributed by atoms with E-state index < -0.39 is 19.1 Å². The monoisotopic (exact) mass is 355 g/mol. The molecule has 0 bridgehead atoms. The summed E-state index contributed by atoms with van der Waals surface area (Å²) in [6.07, 6.45) is 1.74. The standard InChI is InChI=1S/C11H14ClNO4S3/c1-2-8-18-9-7-13-20(16,17)11-5-3-10(4-6-11)19(12,14)15/h2-6,13H,1,7-9H2. The molecule has 0 atom stereocenters. The van der Waals surface area contributed by atoms with Crippen LogP contribution in [0.5, 0.6) is 0 Å². The lowest BCUT2D eigenvalue weighted by Crippen LogP contribution is -2.26. The van der Waals surface area contributed by atoms with Crippen LogP contribution in [0.3, 0.4) is 0 Å². The Hall–Kier alpha value is -0.540. The average molecular weight is 356 g/mol. The van der Waals surface area contributed by atoms with E-state index in [4.69, 9.17) is 10.7 Å². The molecule has 1 N–H and O–H groups in total. The van der Waals surface area contributed by atoms with Crippen molar-refractivity contribution in [3.8, 4) is 0 Å². The Morgan fingerprint density at radius 2 is 1.70 bits per heavy atom. The first kappa shape index (κ1) is 17.5. The summed E-state index contributed by atoms with van der Waals surface area (Å²) in [6.45, 7) is 3.85. The minimum Gasteiger partial charge on any atom is -0.210 e. The lowest BCUT2D eigenvalue weighted by atomic mass is 10.4. The van der Waals surface area contributed by atoms with E-state index in [-0.39, 0.29) is 16.3 Å². The second-order valence-electron chi connectivity index (χ2n) is 3.67. The third kappa shape index (κ3) is 5.45. The first-order valence-corrected chi connectivity index (χ1v) is 10.4. The molecular weight excluding hydrogens is 342 g/mol. The Bertz CT molecular complexity index is 653. The van der Waals surface area contributed by atoms with Gasteiger partial charge >= 0.3 is 0 Å². The number of benzene rings is 1. The van der Waals surface area contributed by atoms with E-state index in [0.29, 0.717) is 5.75 Å². The molecule has 0 amide bonds. The molecule has 0 saturated heterocycles. The van der Waals surface area contributed by atoms with Crippen molar-refractivity contribution in [3.05, 3.63) is 36.9 Å². The smallest absolute Gasteiger partial charge is 0.210 e. The lowest BCUT2D eigenvalue weighted by Gasteiger charge is -2.06. The van der Waals surface area contributed by atoms with Gasteiger partial charge in [-0.25, -0.2) is 21.6 Å². The van der Waals surface area contributed by atoms with E-state index in [1.165, 1.54) is 12.1 Å². The Morgan fingerprint density at radius 3 is 2.20 bits per heavy atom. The van der Waals surface area contributed by atoms with E-state index in [0.717, 1.165) is 17.9 Å². The third-order valence-corrected chi connectivity index (χ3v) is 6.00. The van der Waals surface area contributed by atoms with Crippen molar-refractivity contribution in [2.75, 3.05) is 18.1 Å². The highest BCUT2D eigenvalue weighted by atomic mass is 35.7. The van der Waals surface area contributed by atoms with E-state index >= 15 is 0 Å². The van der Waals surface area contributed by atoms with Crippen LogP contribution in [0.2, 0.25) is 0 Å². The van der Waals surface area contributed by atoms with Gasteiger partial charge in [0.1, 0.15) is 0 Å². The summed E-state index contributed by atoms with van der Waals surface area (Å²) in [5.74, 6) is 1.38. The summed E-state index contributed by atoms with van der Waals surface area (Å²) in [4.78, 5) is -0.144. The predicted octanol–water partition coefficient (Wildman–Crippen LogP) is 1.81. The summed E-state index contributed by atoms with van der Waals surface area (Å²) >= 11 is 1.55. The maximum atomic E-state index is 11.9. The molecule has 1 rings (SSSR count). The van der Waals surface area contributed by atoms with Crippen molar-refractivity contribution in [3.63, 3.8) is 0 Å². The molecule has 0 spiro atoms. The first-order chi connectivity index (χ1) is 9.27. The van der Waals surface area contributed by atoms with E-state index in [2.05, 4.69) is 11.3 Å². The van der Waals surface area contributed by atoms with E-state index in [1.807, 2.05) is 0 Å². The molecule has 0 unspecified atom stereocenters. The molecule has 9 heteroatoms. The third-order valence-electron chi connectivity index (χ3n) is 2.19. The number of halogens is 1. The number of rotatable bonds is 8. The van der Waals surface area contributed by atoms with Crippen LogP contribution >= 0.6 is 22.4 Å². The number of hydrogen-bond acceptors (Lipinski definition) is 5. The fourth-order valence-corrected chi connectivity index (χ4v) is 3.79. The Balaban J connectivity index is 2.71. The highest BCUT2D eigenvalue weighted by Crippen LogP contribution is 2.17. The van der Waals surface area contributed by atoms with Gasteiger partial charge in [0, 0.05) is 28.7 Å². The molecule has 0 aliphatic heterocycles. The molecule has 5 nitrogen and oxygen atoms in total. The molecule has 0 aliphatic rings. The molecule has 1 aromatic rings. The fourth-order valence-electron chi connectivity index (χ4n) is 1.28. The van der Waals surface area contributed by atoms with Crippen LogP contribution in [0.4, 0.5) is 0 Å². The zero-order valence-electron chi connectivity index (χ0n) is 10.5. The average Bonchev–Trinajstić information content (AvgIpc) is 2.37. The zero-order valence-corrected chi connectivity index (χ0v) is 13.7. The van der Waals surface area contributed by atoms with Crippen LogP contribution in [-0.2, 0) is 19.1 Å². The molecule has 1 aromatic carbocycles. The highest BCUT2D eigenvalue weighted by Gasteiger charge is 2.15. The molecule has 0 saturated carbocycles. The van der Waals surface area contributed by atoms with Crippen LogP contribution in [0.25, 0.3) is 0 Å². The molecular formula is C11H14ClNO4S3. The summed E-state index contributed by atoms with van der Waals surface area (Å²) in [5, 5.41) is 0. The van der Waals surface area contributed by atoms with Crippen molar-refractivity contribution < 1.29 is 16.8 Å². The van der Waals surface area contributed by atoms with Gasteiger partial charge in [0.05, 0.1) is 9.79 Å². The second kappa shape index (κ2) is 7.46. The SMILES string of the molecule is C=CCSCCNS(=O)(=O)c1ccc(S(=O)(=O)Cl)cc1. The van der Waals surface area contributed by atoms with E-state index in [9.17, 15) is 16.8 Å². The van der Waals surface area contributed by atoms with Gasteiger partial charge < -0.3 is 0 Å². The summed E-state index contributed by atoms with van der Waals surface area (Å²) < 4.78 is 48.3. The zero-order chi connectivity index (χ0) is 15.2. The molecule has 0 aliphatic carbocycles. The maximum Gasteiger partial charge on any atom is 0.261 e. The normalized spacial score (nSPS) is 12.2. The van der Waals surface area contributed by atoms with Gasteiger partial charge in [-0.2, -0.15) is 11.8 Å². The number of nitrogens with one attached hydrogen (secondary N) is 1. The first-order valence-electron chi connectivity index (χ1n) is 5.50. The highest BCUT2D eigenvalue weighted by molar-refractivity contribution is 8.13. The number of hydrogen-bond donors (Lipinski definition) is 1. The van der Waals surface area contributed by atoms with Gasteiger partial charge in [-0.3, -0.25) is 0 Å². The largest absolute Gasteiger partial charge is 0.261 e. The van der Waals surface area contributed by atoms with Gasteiger partial charge in [0.2, 0.25) is 10.0 Å². The van der Waals surface area contributed by atoms with Gasteiger partial charge in [0.25, 0.3) is 9.05 Å². The van der Waals surface area contributed by atoms with Crippen LogP contribution in [0.1, 0.15) is 0 Å². The topological polar surface area (TPSA) is 80.3 Å². The molecule has 20 heavy (non-hydrogen) atoms. The molecule has 0 radical (unpaired) electrons. The van der Waals surface area contributed by atoms with Gasteiger partial charge in [-0.15, -0.1) is 6.58 Å². The predicted molar refractivity (Wildman–Crippen MR) is 82.2 cm³/mol. The van der Waals surface area contributed by atoms with Gasteiger partial charge in [0.15, 0.2) is 0 Å². The van der Waals surface area contributed by atoms with Crippen LogP contribution in [0.15, 0.2) is 46.7 Å². The lowest BCUT2D eigenvalue weighted by molar-refractivity contribution is 0.583. The quantitative estimate of drug-likeness (QED) is 0.437. The Kier molecular flexibility index (Phi) is 6.53. The number of thioether (sulfide) groups is 1. The van der Waals surface area contributed by atoms with Crippen molar-refractivity contribution >= 4 is 41.5 Å². The van der Waals surface area contributed by atoms with E-state index in [1.54, 1.807) is 17.8 Å². The minimum atomic E-state index is -3.85. The van der Waals surface area contributed by atoms with Crippen molar-refractivity contribution in [1.82, 2.24) is 4.72 Å². The molecule has 112 valence electrons. The number of sulfonamides is 1. The molecule has 0 aromatic heterocycles. The maximum absolute atomic E-state index is 11.9.